The number of benzene rings is 2. The van der Waals surface area contributed by atoms with Crippen molar-refractivity contribution in [1.29, 1.82) is 0 Å². The Hall–Kier alpha value is -3.88. The molecule has 0 aliphatic carbocycles. The van der Waals surface area contributed by atoms with E-state index >= 15 is 0 Å². The molecular weight excluding hydrogens is 474 g/mol. The van der Waals surface area contributed by atoms with E-state index in [1.807, 2.05) is 24.5 Å². The van der Waals surface area contributed by atoms with Crippen molar-refractivity contribution in [2.45, 2.75) is 45.4 Å². The molecular formula is C27H25F4N3O2. The van der Waals surface area contributed by atoms with Gasteiger partial charge in [-0.05, 0) is 79.6 Å². The predicted molar refractivity (Wildman–Crippen MR) is 128 cm³/mol. The van der Waals surface area contributed by atoms with Gasteiger partial charge in [0.05, 0.1) is 11.8 Å². The van der Waals surface area contributed by atoms with Crippen LogP contribution in [0.3, 0.4) is 0 Å². The number of unbranched alkanes of at least 4 members (excludes halogenated alkanes) is 1. The number of hydrogen-bond acceptors (Lipinski definition) is 4. The van der Waals surface area contributed by atoms with Gasteiger partial charge in [0.1, 0.15) is 30.1 Å². The number of ether oxygens (including phenoxy) is 1. The molecule has 0 fully saturated rings. The molecule has 188 valence electrons. The third-order valence-corrected chi connectivity index (χ3v) is 5.72. The number of aryl methyl sites for hydroxylation is 3. The van der Waals surface area contributed by atoms with Gasteiger partial charge in [-0.2, -0.15) is 18.3 Å². The van der Waals surface area contributed by atoms with E-state index in [-0.39, 0.29) is 18.1 Å². The van der Waals surface area contributed by atoms with Crippen molar-refractivity contribution in [3.63, 3.8) is 0 Å². The Balaban J connectivity index is 1.27. The molecule has 0 radical (unpaired) electrons. The lowest BCUT2D eigenvalue weighted by Crippen LogP contribution is -2.05. The normalized spacial score (nSPS) is 11.9. The smallest absolute Gasteiger partial charge is 0.416 e. The highest BCUT2D eigenvalue weighted by Crippen LogP contribution is 2.30. The number of rotatable bonds is 10. The number of aromatic amines is 1. The van der Waals surface area contributed by atoms with E-state index in [0.29, 0.717) is 17.5 Å². The second kappa shape index (κ2) is 11.2. The molecule has 0 spiro atoms. The second-order valence-corrected chi connectivity index (χ2v) is 8.44. The summed E-state index contributed by atoms with van der Waals surface area (Å²) >= 11 is 0. The van der Waals surface area contributed by atoms with Gasteiger partial charge in [-0.15, -0.1) is 0 Å². The van der Waals surface area contributed by atoms with Gasteiger partial charge in [0, 0.05) is 17.8 Å². The first-order valence-corrected chi connectivity index (χ1v) is 11.5. The van der Waals surface area contributed by atoms with Crippen LogP contribution in [-0.2, 0) is 25.6 Å². The summed E-state index contributed by atoms with van der Waals surface area (Å²) in [6.07, 6.45) is 7.46. The maximum atomic E-state index is 14.0. The van der Waals surface area contributed by atoms with E-state index in [4.69, 9.17) is 9.15 Å². The Bertz CT molecular complexity index is 1310. The zero-order valence-electron chi connectivity index (χ0n) is 19.6. The van der Waals surface area contributed by atoms with Crippen molar-refractivity contribution >= 4 is 12.2 Å². The van der Waals surface area contributed by atoms with E-state index < -0.39 is 17.6 Å². The lowest BCUT2D eigenvalue weighted by molar-refractivity contribution is -0.137. The Kier molecular flexibility index (Phi) is 7.87. The van der Waals surface area contributed by atoms with Crippen LogP contribution < -0.4 is 4.74 Å². The summed E-state index contributed by atoms with van der Waals surface area (Å²) in [5.74, 6) is -0.0793. The standard InChI is InChI=1S/C27H25F4N3O2/c1-18-12-24(10-7-20(18)5-3-2-4-19-14-32-33-15-19)35-16-23-17-36-26(34-23)11-8-21-6-9-22(13-25(21)28)27(29,30)31/h6-15,17H,2-5,16H2,1H3,(H,32,33)/b11-8+. The first-order valence-electron chi connectivity index (χ1n) is 11.5. The minimum atomic E-state index is -4.60. The van der Waals surface area contributed by atoms with Gasteiger partial charge in [-0.1, -0.05) is 12.1 Å². The molecule has 2 aromatic carbocycles. The third-order valence-electron chi connectivity index (χ3n) is 5.72. The fourth-order valence-corrected chi connectivity index (χ4v) is 3.72. The molecule has 5 nitrogen and oxygen atoms in total. The van der Waals surface area contributed by atoms with Gasteiger partial charge in [0.15, 0.2) is 0 Å². The lowest BCUT2D eigenvalue weighted by Gasteiger charge is -2.09. The molecule has 0 unspecified atom stereocenters. The number of H-pyrrole nitrogens is 1. The molecule has 0 saturated heterocycles. The second-order valence-electron chi connectivity index (χ2n) is 8.44. The van der Waals surface area contributed by atoms with E-state index in [2.05, 4.69) is 28.2 Å². The van der Waals surface area contributed by atoms with Gasteiger partial charge in [0.2, 0.25) is 5.89 Å². The molecule has 2 heterocycles. The first-order chi connectivity index (χ1) is 17.3. The van der Waals surface area contributed by atoms with Crippen molar-refractivity contribution < 1.29 is 26.7 Å². The van der Waals surface area contributed by atoms with Crippen LogP contribution in [-0.4, -0.2) is 15.2 Å². The van der Waals surface area contributed by atoms with Crippen LogP contribution in [0.15, 0.2) is 59.5 Å². The van der Waals surface area contributed by atoms with Gasteiger partial charge in [-0.25, -0.2) is 9.37 Å². The van der Waals surface area contributed by atoms with Crippen LogP contribution in [0.2, 0.25) is 0 Å². The van der Waals surface area contributed by atoms with E-state index in [1.54, 1.807) is 0 Å². The minimum absolute atomic E-state index is 0.00366. The highest BCUT2D eigenvalue weighted by molar-refractivity contribution is 5.66. The zero-order valence-corrected chi connectivity index (χ0v) is 19.6. The maximum absolute atomic E-state index is 14.0. The number of oxazole rings is 1. The van der Waals surface area contributed by atoms with Crippen LogP contribution in [0.5, 0.6) is 5.75 Å². The highest BCUT2D eigenvalue weighted by Gasteiger charge is 2.30. The van der Waals surface area contributed by atoms with E-state index in [0.717, 1.165) is 43.4 Å². The van der Waals surface area contributed by atoms with Crippen molar-refractivity contribution in [1.82, 2.24) is 15.2 Å². The predicted octanol–water partition coefficient (Wildman–Crippen LogP) is 7.18. The quantitative estimate of drug-likeness (QED) is 0.185. The number of hydrogen-bond donors (Lipinski definition) is 1. The average molecular weight is 500 g/mol. The molecule has 2 aromatic heterocycles. The molecule has 0 atom stereocenters. The first kappa shape index (κ1) is 25.2. The largest absolute Gasteiger partial charge is 0.487 e. The highest BCUT2D eigenvalue weighted by atomic mass is 19.4. The summed E-state index contributed by atoms with van der Waals surface area (Å²) in [5.41, 5.74) is 3.13. The van der Waals surface area contributed by atoms with Crippen LogP contribution in [0.1, 0.15) is 52.2 Å². The molecule has 0 bridgehead atoms. The summed E-state index contributed by atoms with van der Waals surface area (Å²) in [6.45, 7) is 2.23. The van der Waals surface area contributed by atoms with Crippen molar-refractivity contribution in [2.24, 2.45) is 0 Å². The summed E-state index contributed by atoms with van der Waals surface area (Å²) in [6, 6.07) is 8.33. The summed E-state index contributed by atoms with van der Waals surface area (Å²) in [7, 11) is 0. The van der Waals surface area contributed by atoms with Crippen molar-refractivity contribution in [2.75, 3.05) is 0 Å². The maximum Gasteiger partial charge on any atom is 0.416 e. The SMILES string of the molecule is Cc1cc(OCc2coc(/C=C/c3ccc(C(F)(F)F)cc3F)n2)ccc1CCCCc1cn[nH]c1. The van der Waals surface area contributed by atoms with Gasteiger partial charge >= 0.3 is 6.18 Å². The number of aromatic nitrogens is 3. The fourth-order valence-electron chi connectivity index (χ4n) is 3.72. The number of halogens is 4. The molecule has 9 heteroatoms. The van der Waals surface area contributed by atoms with Gasteiger partial charge in [-0.3, -0.25) is 5.10 Å². The van der Waals surface area contributed by atoms with Crippen LogP contribution in [0, 0.1) is 12.7 Å². The molecule has 0 aliphatic heterocycles. The monoisotopic (exact) mass is 499 g/mol. The number of nitrogens with zero attached hydrogens (tertiary/aromatic N) is 2. The third kappa shape index (κ3) is 6.84. The van der Waals surface area contributed by atoms with Gasteiger partial charge in [0.25, 0.3) is 0 Å². The van der Waals surface area contributed by atoms with E-state index in [9.17, 15) is 17.6 Å². The fraction of sp³-hybridized carbons (Fsp3) is 0.259. The Morgan fingerprint density at radius 1 is 1.06 bits per heavy atom. The van der Waals surface area contributed by atoms with Crippen molar-refractivity contribution in [3.8, 4) is 5.75 Å². The minimum Gasteiger partial charge on any atom is -0.487 e. The summed E-state index contributed by atoms with van der Waals surface area (Å²) in [5, 5.41) is 6.79. The molecule has 0 saturated carbocycles. The summed E-state index contributed by atoms with van der Waals surface area (Å²) < 4.78 is 63.1. The molecule has 4 aromatic rings. The van der Waals surface area contributed by atoms with Gasteiger partial charge < -0.3 is 9.15 Å². The average Bonchev–Trinajstić information content (AvgIpc) is 3.52. The molecule has 4 rings (SSSR count). The number of nitrogens with one attached hydrogen (secondary N) is 1. The van der Waals surface area contributed by atoms with Crippen LogP contribution >= 0.6 is 0 Å². The van der Waals surface area contributed by atoms with Crippen LogP contribution in [0.4, 0.5) is 17.6 Å². The Morgan fingerprint density at radius 3 is 2.61 bits per heavy atom. The topological polar surface area (TPSA) is 63.9 Å². The molecule has 0 aliphatic rings. The number of alkyl halides is 3. The Morgan fingerprint density at radius 2 is 1.89 bits per heavy atom. The van der Waals surface area contributed by atoms with E-state index in [1.165, 1.54) is 29.5 Å². The molecule has 36 heavy (non-hydrogen) atoms. The lowest BCUT2D eigenvalue weighted by atomic mass is 10.0. The zero-order chi connectivity index (χ0) is 25.5. The molecule has 1 N–H and O–H groups in total. The van der Waals surface area contributed by atoms with Crippen LogP contribution in [0.25, 0.3) is 12.2 Å². The van der Waals surface area contributed by atoms with Crippen molar-refractivity contribution in [3.05, 3.63) is 100 Å². The Labute approximate surface area is 205 Å². The molecule has 0 amide bonds. The summed E-state index contributed by atoms with van der Waals surface area (Å²) in [4.78, 5) is 4.25.